The van der Waals surface area contributed by atoms with Crippen LogP contribution in [-0.2, 0) is 11.2 Å². The first-order valence-corrected chi connectivity index (χ1v) is 11.5. The highest BCUT2D eigenvalue weighted by atomic mass is 32.2. The second-order valence-electron chi connectivity index (χ2n) is 8.01. The van der Waals surface area contributed by atoms with Crippen molar-refractivity contribution in [3.63, 3.8) is 0 Å². The molecule has 1 saturated heterocycles. The number of aryl methyl sites for hydroxylation is 2. The number of carbonyl (C=O) groups excluding carboxylic acids is 1. The molecule has 0 aliphatic carbocycles. The monoisotopic (exact) mass is 420 g/mol. The Morgan fingerprint density at radius 1 is 1.03 bits per heavy atom. The first-order chi connectivity index (χ1) is 14.6. The van der Waals surface area contributed by atoms with Crippen molar-refractivity contribution in [1.82, 2.24) is 19.7 Å². The van der Waals surface area contributed by atoms with Gasteiger partial charge < -0.3 is 4.90 Å². The summed E-state index contributed by atoms with van der Waals surface area (Å²) < 4.78 is 2.02. The Bertz CT molecular complexity index is 993. The zero-order valence-electron chi connectivity index (χ0n) is 17.6. The molecule has 0 spiro atoms. The first-order valence-electron chi connectivity index (χ1n) is 10.5. The zero-order chi connectivity index (χ0) is 20.9. The van der Waals surface area contributed by atoms with Gasteiger partial charge in [-0.15, -0.1) is 10.2 Å². The van der Waals surface area contributed by atoms with Crippen molar-refractivity contribution in [3.8, 4) is 5.69 Å². The zero-order valence-corrected chi connectivity index (χ0v) is 18.4. The molecule has 0 saturated carbocycles. The van der Waals surface area contributed by atoms with Crippen LogP contribution in [0.2, 0.25) is 0 Å². The highest BCUT2D eigenvalue weighted by Crippen LogP contribution is 2.25. The van der Waals surface area contributed by atoms with E-state index in [4.69, 9.17) is 0 Å². The molecular formula is C24H28N4OS. The second kappa shape index (κ2) is 9.47. The predicted octanol–water partition coefficient (Wildman–Crippen LogP) is 4.46. The third-order valence-corrected chi connectivity index (χ3v) is 6.63. The Balaban J connectivity index is 1.32. The Hall–Kier alpha value is -2.60. The van der Waals surface area contributed by atoms with E-state index < -0.39 is 0 Å². The molecule has 2 aromatic carbocycles. The van der Waals surface area contributed by atoms with Gasteiger partial charge in [0.05, 0.1) is 5.75 Å². The van der Waals surface area contributed by atoms with Crippen LogP contribution >= 0.6 is 11.8 Å². The number of hydrogen-bond donors (Lipinski definition) is 0. The largest absolute Gasteiger partial charge is 0.342 e. The summed E-state index contributed by atoms with van der Waals surface area (Å²) in [6, 6.07) is 18.9. The molecule has 5 nitrogen and oxygen atoms in total. The number of amides is 1. The lowest BCUT2D eigenvalue weighted by atomic mass is 9.90. The summed E-state index contributed by atoms with van der Waals surface area (Å²) >= 11 is 1.47. The van der Waals surface area contributed by atoms with Crippen LogP contribution in [0.4, 0.5) is 0 Å². The van der Waals surface area contributed by atoms with E-state index in [0.29, 0.717) is 11.7 Å². The number of carbonyl (C=O) groups is 1. The Kier molecular flexibility index (Phi) is 6.53. The summed E-state index contributed by atoms with van der Waals surface area (Å²) in [5.41, 5.74) is 3.61. The third-order valence-electron chi connectivity index (χ3n) is 5.71. The summed E-state index contributed by atoms with van der Waals surface area (Å²) in [5.74, 6) is 2.08. The molecule has 6 heteroatoms. The van der Waals surface area contributed by atoms with Crippen molar-refractivity contribution in [2.24, 2.45) is 5.92 Å². The second-order valence-corrected chi connectivity index (χ2v) is 8.95. The van der Waals surface area contributed by atoms with E-state index in [0.717, 1.165) is 49.0 Å². The van der Waals surface area contributed by atoms with E-state index >= 15 is 0 Å². The quantitative estimate of drug-likeness (QED) is 0.553. The van der Waals surface area contributed by atoms with Crippen molar-refractivity contribution in [1.29, 1.82) is 0 Å². The highest BCUT2D eigenvalue weighted by Gasteiger charge is 2.23. The van der Waals surface area contributed by atoms with Crippen LogP contribution in [0.3, 0.4) is 0 Å². The van der Waals surface area contributed by atoms with Gasteiger partial charge in [-0.05, 0) is 62.3 Å². The molecule has 1 amide bonds. The van der Waals surface area contributed by atoms with Gasteiger partial charge in [-0.25, -0.2) is 0 Å². The van der Waals surface area contributed by atoms with Crippen LogP contribution in [0.25, 0.3) is 5.69 Å². The number of rotatable bonds is 6. The van der Waals surface area contributed by atoms with Gasteiger partial charge in [-0.3, -0.25) is 9.36 Å². The highest BCUT2D eigenvalue weighted by molar-refractivity contribution is 7.99. The minimum Gasteiger partial charge on any atom is -0.342 e. The number of likely N-dealkylation sites (tertiary alicyclic amines) is 1. The van der Waals surface area contributed by atoms with E-state index in [-0.39, 0.29) is 5.91 Å². The van der Waals surface area contributed by atoms with E-state index in [1.165, 1.54) is 22.9 Å². The Morgan fingerprint density at radius 3 is 2.53 bits per heavy atom. The Morgan fingerprint density at radius 2 is 1.80 bits per heavy atom. The number of benzene rings is 2. The van der Waals surface area contributed by atoms with Crippen molar-refractivity contribution in [2.45, 2.75) is 38.3 Å². The van der Waals surface area contributed by atoms with Crippen LogP contribution in [-0.4, -0.2) is 44.4 Å². The number of hydrogen-bond acceptors (Lipinski definition) is 4. The molecule has 1 aromatic heterocycles. The van der Waals surface area contributed by atoms with Crippen LogP contribution < -0.4 is 0 Å². The summed E-state index contributed by atoms with van der Waals surface area (Å²) in [5, 5.41) is 9.30. The molecule has 0 radical (unpaired) electrons. The lowest BCUT2D eigenvalue weighted by Gasteiger charge is -2.32. The van der Waals surface area contributed by atoms with E-state index in [9.17, 15) is 4.79 Å². The number of nitrogens with zero attached hydrogens (tertiary/aromatic N) is 4. The maximum absolute atomic E-state index is 12.8. The molecule has 2 heterocycles. The molecular weight excluding hydrogens is 392 g/mol. The lowest BCUT2D eigenvalue weighted by molar-refractivity contribution is -0.129. The summed E-state index contributed by atoms with van der Waals surface area (Å²) in [4.78, 5) is 14.8. The van der Waals surface area contributed by atoms with Gasteiger partial charge in [-0.2, -0.15) is 0 Å². The minimum absolute atomic E-state index is 0.189. The molecule has 0 atom stereocenters. The fourth-order valence-corrected chi connectivity index (χ4v) is 4.95. The molecule has 0 unspecified atom stereocenters. The number of thioether (sulfide) groups is 1. The van der Waals surface area contributed by atoms with E-state index in [1.54, 1.807) is 0 Å². The lowest BCUT2D eigenvalue weighted by Crippen LogP contribution is -2.39. The van der Waals surface area contributed by atoms with Crippen LogP contribution in [0.1, 0.15) is 29.8 Å². The van der Waals surface area contributed by atoms with E-state index in [2.05, 4.69) is 59.6 Å². The van der Waals surface area contributed by atoms with Gasteiger partial charge in [0.25, 0.3) is 0 Å². The molecule has 156 valence electrons. The average Bonchev–Trinajstić information content (AvgIpc) is 3.13. The predicted molar refractivity (Wildman–Crippen MR) is 121 cm³/mol. The summed E-state index contributed by atoms with van der Waals surface area (Å²) in [6.07, 6.45) is 3.25. The van der Waals surface area contributed by atoms with Gasteiger partial charge in [0.15, 0.2) is 5.16 Å². The van der Waals surface area contributed by atoms with Crippen LogP contribution in [0.5, 0.6) is 0 Å². The molecule has 1 fully saturated rings. The van der Waals surface area contributed by atoms with Crippen LogP contribution in [0.15, 0.2) is 59.8 Å². The Labute approximate surface area is 182 Å². The molecule has 4 rings (SSSR count). The fourth-order valence-electron chi connectivity index (χ4n) is 4.05. The van der Waals surface area contributed by atoms with Gasteiger partial charge in [0.1, 0.15) is 5.82 Å². The first kappa shape index (κ1) is 20.7. The van der Waals surface area contributed by atoms with Crippen LogP contribution in [0, 0.1) is 19.8 Å². The maximum atomic E-state index is 12.8. The third kappa shape index (κ3) is 4.93. The maximum Gasteiger partial charge on any atom is 0.233 e. The fraction of sp³-hybridized carbons (Fsp3) is 0.375. The molecule has 0 N–H and O–H groups in total. The van der Waals surface area contributed by atoms with Crippen molar-refractivity contribution < 1.29 is 4.79 Å². The number of aromatic nitrogens is 3. The summed E-state index contributed by atoms with van der Waals surface area (Å²) in [6.45, 7) is 5.71. The van der Waals surface area contributed by atoms with E-state index in [1.807, 2.05) is 28.5 Å². The summed E-state index contributed by atoms with van der Waals surface area (Å²) in [7, 11) is 0. The van der Waals surface area contributed by atoms with Crippen molar-refractivity contribution in [3.05, 3.63) is 71.5 Å². The normalized spacial score (nSPS) is 14.8. The van der Waals surface area contributed by atoms with Crippen molar-refractivity contribution in [2.75, 3.05) is 18.8 Å². The molecule has 1 aliphatic rings. The average molecular weight is 421 g/mol. The van der Waals surface area contributed by atoms with Crippen molar-refractivity contribution >= 4 is 17.7 Å². The van der Waals surface area contributed by atoms with Gasteiger partial charge >= 0.3 is 0 Å². The van der Waals surface area contributed by atoms with Gasteiger partial charge in [-0.1, -0.05) is 54.2 Å². The van der Waals surface area contributed by atoms with Gasteiger partial charge in [0, 0.05) is 18.8 Å². The molecule has 0 bridgehead atoms. The SMILES string of the molecule is Cc1cccc(-n2c(C)nnc2SCC(=O)N2CCC(Cc3ccccc3)CC2)c1. The molecule has 30 heavy (non-hydrogen) atoms. The van der Waals surface area contributed by atoms with Gasteiger partial charge in [0.2, 0.25) is 5.91 Å². The smallest absolute Gasteiger partial charge is 0.233 e. The number of piperidine rings is 1. The topological polar surface area (TPSA) is 51.0 Å². The minimum atomic E-state index is 0.189. The standard InChI is InChI=1S/C24H28N4OS/c1-18-7-6-10-22(15-18)28-19(2)25-26-24(28)30-17-23(29)27-13-11-21(12-14-27)16-20-8-4-3-5-9-20/h3-10,15,21H,11-14,16-17H2,1-2H3. The molecule has 3 aromatic rings. The molecule has 1 aliphatic heterocycles.